The molecule has 0 spiro atoms. The van der Waals surface area contributed by atoms with Crippen LogP contribution in [0, 0.1) is 18.6 Å². The number of anilines is 1. The molecule has 0 bridgehead atoms. The second kappa shape index (κ2) is 7.90. The summed E-state index contributed by atoms with van der Waals surface area (Å²) in [5.74, 6) is -0.971. The van der Waals surface area contributed by atoms with Gasteiger partial charge in [-0.15, -0.1) is 0 Å². The maximum absolute atomic E-state index is 14.3. The monoisotopic (exact) mass is 401 g/mol. The van der Waals surface area contributed by atoms with Crippen molar-refractivity contribution in [1.29, 1.82) is 0 Å². The Morgan fingerprint density at radius 3 is 2.59 bits per heavy atom. The fraction of sp³-hybridized carbons (Fsp3) is 0.316. The predicted molar refractivity (Wildman–Crippen MR) is 109 cm³/mol. The highest BCUT2D eigenvalue weighted by atomic mass is 19.1. The number of nitrogens with zero attached hydrogens (tertiary/aromatic N) is 6. The van der Waals surface area contributed by atoms with Crippen molar-refractivity contribution in [2.75, 3.05) is 24.4 Å². The maximum atomic E-state index is 14.3. The molecule has 0 fully saturated rings. The fourth-order valence-corrected chi connectivity index (χ4v) is 3.02. The molecule has 8 nitrogen and oxygen atoms in total. The van der Waals surface area contributed by atoms with Gasteiger partial charge in [-0.25, -0.2) is 28.4 Å². The van der Waals surface area contributed by atoms with Crippen LogP contribution in [-0.2, 0) is 0 Å². The lowest BCUT2D eigenvalue weighted by atomic mass is 10.2. The number of fused-ring (bicyclic) bond motifs is 1. The highest BCUT2D eigenvalue weighted by Gasteiger charge is 2.23. The third-order valence-electron chi connectivity index (χ3n) is 4.33. The average Bonchev–Trinajstić information content (AvgIpc) is 2.66. The molecule has 3 rings (SSSR count). The third kappa shape index (κ3) is 3.65. The van der Waals surface area contributed by atoms with Gasteiger partial charge in [-0.05, 0) is 32.9 Å². The molecule has 29 heavy (non-hydrogen) atoms. The Labute approximate surface area is 165 Å². The van der Waals surface area contributed by atoms with Crippen LogP contribution in [0.5, 0.6) is 0 Å². The first-order valence-electron chi connectivity index (χ1n) is 8.91. The first-order valence-corrected chi connectivity index (χ1v) is 8.91. The van der Waals surface area contributed by atoms with Gasteiger partial charge in [0.25, 0.3) is 5.56 Å². The number of rotatable bonds is 5. The zero-order valence-electron chi connectivity index (χ0n) is 16.7. The Balaban J connectivity index is 2.20. The van der Waals surface area contributed by atoms with Gasteiger partial charge in [-0.2, -0.15) is 0 Å². The van der Waals surface area contributed by atoms with Crippen LogP contribution < -0.4 is 15.9 Å². The van der Waals surface area contributed by atoms with E-state index in [4.69, 9.17) is 0 Å². The van der Waals surface area contributed by atoms with E-state index in [9.17, 15) is 13.6 Å². The summed E-state index contributed by atoms with van der Waals surface area (Å²) in [6, 6.07) is 1.28. The number of aliphatic imine (C=N–C) groups is 1. The van der Waals surface area contributed by atoms with Gasteiger partial charge in [0.05, 0.1) is 11.7 Å². The van der Waals surface area contributed by atoms with E-state index in [2.05, 4.69) is 25.3 Å². The van der Waals surface area contributed by atoms with Crippen LogP contribution in [0.15, 0.2) is 28.2 Å². The summed E-state index contributed by atoms with van der Waals surface area (Å²) >= 11 is 0. The largest absolute Gasteiger partial charge is 0.358 e. The van der Waals surface area contributed by atoms with E-state index in [1.807, 2.05) is 0 Å². The molecule has 0 aliphatic heterocycles. The summed E-state index contributed by atoms with van der Waals surface area (Å²) < 4.78 is 29.8. The van der Waals surface area contributed by atoms with Crippen molar-refractivity contribution in [1.82, 2.24) is 19.6 Å². The van der Waals surface area contributed by atoms with E-state index in [0.717, 1.165) is 12.1 Å². The average molecular weight is 401 g/mol. The molecule has 0 saturated carbocycles. The molecule has 0 aliphatic carbocycles. The number of nitrogens with one attached hydrogen (secondary N) is 1. The lowest BCUT2D eigenvalue weighted by molar-refractivity contribution is 0.584. The second-order valence-corrected chi connectivity index (χ2v) is 6.60. The van der Waals surface area contributed by atoms with Crippen molar-refractivity contribution in [3.8, 4) is 0 Å². The minimum Gasteiger partial charge on any atom is -0.358 e. The number of halogens is 2. The van der Waals surface area contributed by atoms with Crippen LogP contribution in [0.2, 0.25) is 0 Å². The van der Waals surface area contributed by atoms with Crippen molar-refractivity contribution < 1.29 is 8.78 Å². The molecular formula is C19H21F2N7O. The molecule has 3 aromatic rings. The normalized spacial score (nSPS) is 12.5. The molecular weight excluding hydrogens is 380 g/mol. The highest BCUT2D eigenvalue weighted by Crippen LogP contribution is 2.28. The molecule has 0 unspecified atom stereocenters. The Morgan fingerprint density at radius 2 is 1.93 bits per heavy atom. The van der Waals surface area contributed by atoms with Gasteiger partial charge in [0, 0.05) is 20.3 Å². The maximum Gasteiger partial charge on any atom is 0.283 e. The summed E-state index contributed by atoms with van der Waals surface area (Å²) in [6.45, 7) is 5.30. The van der Waals surface area contributed by atoms with Crippen LogP contribution in [0.4, 0.5) is 20.3 Å². The quantitative estimate of drug-likeness (QED) is 0.662. The van der Waals surface area contributed by atoms with Gasteiger partial charge in [0.1, 0.15) is 34.6 Å². The van der Waals surface area contributed by atoms with Crippen molar-refractivity contribution in [2.24, 2.45) is 4.99 Å². The van der Waals surface area contributed by atoms with Gasteiger partial charge in [0.15, 0.2) is 11.6 Å². The lowest BCUT2D eigenvalue weighted by Crippen LogP contribution is -2.41. The van der Waals surface area contributed by atoms with Crippen molar-refractivity contribution in [3.05, 3.63) is 52.0 Å². The molecule has 0 aliphatic rings. The highest BCUT2D eigenvalue weighted by molar-refractivity contribution is 5.79. The van der Waals surface area contributed by atoms with E-state index in [0.29, 0.717) is 17.2 Å². The molecule has 0 radical (unpaired) electrons. The summed E-state index contributed by atoms with van der Waals surface area (Å²) in [4.78, 5) is 29.8. The zero-order valence-corrected chi connectivity index (χ0v) is 16.7. The minimum atomic E-state index is -0.826. The van der Waals surface area contributed by atoms with Gasteiger partial charge in [-0.1, -0.05) is 0 Å². The number of aryl methyl sites for hydroxylation is 1. The fourth-order valence-electron chi connectivity index (χ4n) is 3.02. The first kappa shape index (κ1) is 20.3. The van der Waals surface area contributed by atoms with Crippen LogP contribution >= 0.6 is 0 Å². The Kier molecular flexibility index (Phi) is 5.53. The molecule has 152 valence electrons. The Hall–Kier alpha value is -3.43. The molecule has 0 amide bonds. The van der Waals surface area contributed by atoms with Crippen molar-refractivity contribution >= 4 is 28.6 Å². The molecule has 1 atom stereocenters. The summed E-state index contributed by atoms with van der Waals surface area (Å²) in [7, 11) is 3.23. The molecule has 1 aromatic carbocycles. The first-order chi connectivity index (χ1) is 13.8. The Morgan fingerprint density at radius 1 is 1.24 bits per heavy atom. The Bertz CT molecular complexity index is 1160. The minimum absolute atomic E-state index is 0.194. The van der Waals surface area contributed by atoms with Gasteiger partial charge in [-0.3, -0.25) is 9.79 Å². The van der Waals surface area contributed by atoms with Crippen LogP contribution in [0.3, 0.4) is 0 Å². The van der Waals surface area contributed by atoms with E-state index < -0.39 is 28.6 Å². The number of hydrogen-bond acceptors (Lipinski definition) is 7. The number of benzene rings is 1. The van der Waals surface area contributed by atoms with E-state index in [1.54, 1.807) is 41.1 Å². The summed E-state index contributed by atoms with van der Waals surface area (Å²) in [5.41, 5.74) is 0.185. The number of aromatic nitrogens is 4. The van der Waals surface area contributed by atoms with Crippen LogP contribution in [-0.4, -0.2) is 39.9 Å². The second-order valence-electron chi connectivity index (χ2n) is 6.60. The SMILES string of the molecule is CC=Nc1c(C)ncnc1N[C@@H](C)c1nc2c(F)ccc(F)c2c(=O)n1N(C)C. The zero-order chi connectivity index (χ0) is 21.3. The molecule has 10 heteroatoms. The van der Waals surface area contributed by atoms with Gasteiger partial charge >= 0.3 is 0 Å². The molecule has 2 heterocycles. The topological polar surface area (TPSA) is 88.3 Å². The van der Waals surface area contributed by atoms with Crippen molar-refractivity contribution in [2.45, 2.75) is 26.8 Å². The van der Waals surface area contributed by atoms with Gasteiger partial charge < -0.3 is 10.3 Å². The number of hydrogen-bond donors (Lipinski definition) is 1. The third-order valence-corrected chi connectivity index (χ3v) is 4.33. The van der Waals surface area contributed by atoms with E-state index >= 15 is 0 Å². The molecule has 2 aromatic heterocycles. The van der Waals surface area contributed by atoms with Crippen LogP contribution in [0.25, 0.3) is 10.9 Å². The summed E-state index contributed by atoms with van der Waals surface area (Å²) in [6.07, 6.45) is 3.00. The van der Waals surface area contributed by atoms with Crippen LogP contribution in [0.1, 0.15) is 31.4 Å². The molecule has 0 saturated heterocycles. The molecule has 1 N–H and O–H groups in total. The standard InChI is InChI=1S/C19H21F2N7O/c1-6-22-15-10(2)23-9-24-17(15)25-11(3)18-26-16-13(21)8-7-12(20)14(16)19(29)28(18)27(4)5/h6-9,11H,1-5H3,(H,23,24,25)/t11-/m0/s1. The lowest BCUT2D eigenvalue weighted by Gasteiger charge is -2.25. The van der Waals surface area contributed by atoms with E-state index in [1.165, 1.54) is 16.0 Å². The summed E-state index contributed by atoms with van der Waals surface area (Å²) in [5, 5.41) is 4.21. The van der Waals surface area contributed by atoms with E-state index in [-0.39, 0.29) is 11.3 Å². The smallest absolute Gasteiger partial charge is 0.283 e. The van der Waals surface area contributed by atoms with Crippen molar-refractivity contribution in [3.63, 3.8) is 0 Å². The van der Waals surface area contributed by atoms with Gasteiger partial charge in [0.2, 0.25) is 0 Å². The predicted octanol–water partition coefficient (Wildman–Crippen LogP) is 2.87.